The maximum Gasteiger partial charge on any atom is 0.257 e. The lowest BCUT2D eigenvalue weighted by Crippen LogP contribution is -2.37. The molecule has 5 rings (SSSR count). The highest BCUT2D eigenvalue weighted by Gasteiger charge is 2.29. The van der Waals surface area contributed by atoms with Crippen molar-refractivity contribution in [2.75, 3.05) is 18.1 Å². The number of aryl methyl sites for hydroxylation is 1. The Bertz CT molecular complexity index is 1110. The van der Waals surface area contributed by atoms with Crippen molar-refractivity contribution in [1.82, 2.24) is 24.9 Å². The molecule has 0 saturated heterocycles. The van der Waals surface area contributed by atoms with Gasteiger partial charge >= 0.3 is 0 Å². The second-order valence-corrected chi connectivity index (χ2v) is 7.62. The molecule has 5 heterocycles. The third-order valence-electron chi connectivity index (χ3n) is 5.52. The summed E-state index contributed by atoms with van der Waals surface area (Å²) in [5.74, 6) is 0.484. The van der Waals surface area contributed by atoms with Crippen LogP contribution in [-0.4, -0.2) is 44.7 Å². The van der Waals surface area contributed by atoms with Gasteiger partial charge in [0.05, 0.1) is 24.5 Å². The van der Waals surface area contributed by atoms with Crippen molar-refractivity contribution >= 4 is 17.4 Å². The number of hydrogen-bond donors (Lipinski definition) is 1. The number of fused-ring (bicyclic) bond motifs is 1. The average Bonchev–Trinajstić information content (AvgIpc) is 3.12. The molecule has 2 aliphatic rings. The van der Waals surface area contributed by atoms with Gasteiger partial charge in [-0.2, -0.15) is 5.10 Å². The third-order valence-corrected chi connectivity index (χ3v) is 5.52. The molecule has 2 aliphatic heterocycles. The van der Waals surface area contributed by atoms with Gasteiger partial charge in [0.25, 0.3) is 5.91 Å². The zero-order chi connectivity index (χ0) is 20.1. The Morgan fingerprint density at radius 1 is 1.31 bits per heavy atom. The summed E-state index contributed by atoms with van der Waals surface area (Å²) in [6, 6.07) is 0.986. The van der Waals surface area contributed by atoms with E-state index in [2.05, 4.69) is 20.3 Å². The van der Waals surface area contributed by atoms with Crippen LogP contribution in [0.2, 0.25) is 0 Å². The molecular formula is C20H21FN6O2. The number of halogens is 1. The third kappa shape index (κ3) is 2.97. The van der Waals surface area contributed by atoms with Crippen molar-refractivity contribution in [3.8, 4) is 5.88 Å². The van der Waals surface area contributed by atoms with Crippen molar-refractivity contribution < 1.29 is 13.9 Å². The lowest BCUT2D eigenvalue weighted by molar-refractivity contribution is 0.0927. The fraction of sp³-hybridized carbons (Fsp3) is 0.400. The standard InChI is InChI=1S/C20H21FN6O2/c1-11-10-29-20-15(6-14(21)7-22-20)12(2)26-5-3-4-13-9-27-18(25-17(13)26)16(8-23-27)19(28)24-11/h6-9,11-12H,3-5,10H2,1-2H3,(H,24,28)/t11-,12-/m1/s1. The summed E-state index contributed by atoms with van der Waals surface area (Å²) in [7, 11) is 0. The Morgan fingerprint density at radius 3 is 3.03 bits per heavy atom. The van der Waals surface area contributed by atoms with E-state index < -0.39 is 5.82 Å². The molecule has 0 saturated carbocycles. The monoisotopic (exact) mass is 396 g/mol. The zero-order valence-electron chi connectivity index (χ0n) is 16.2. The number of carbonyl (C=O) groups is 1. The summed E-state index contributed by atoms with van der Waals surface area (Å²) in [6.07, 6.45) is 6.42. The predicted molar refractivity (Wildman–Crippen MR) is 104 cm³/mol. The Kier molecular flexibility index (Phi) is 4.11. The van der Waals surface area contributed by atoms with E-state index in [9.17, 15) is 9.18 Å². The highest BCUT2D eigenvalue weighted by atomic mass is 19.1. The van der Waals surface area contributed by atoms with Crippen LogP contribution in [0.25, 0.3) is 5.65 Å². The molecule has 8 nitrogen and oxygen atoms in total. The van der Waals surface area contributed by atoms with Gasteiger partial charge < -0.3 is 15.0 Å². The maximum atomic E-state index is 14.0. The number of anilines is 1. The Labute approximate surface area is 166 Å². The van der Waals surface area contributed by atoms with E-state index in [1.165, 1.54) is 12.3 Å². The van der Waals surface area contributed by atoms with Crippen molar-refractivity contribution in [3.63, 3.8) is 0 Å². The lowest BCUT2D eigenvalue weighted by Gasteiger charge is -2.35. The van der Waals surface area contributed by atoms with E-state index >= 15 is 0 Å². The summed E-state index contributed by atoms with van der Waals surface area (Å²) < 4.78 is 21.6. The van der Waals surface area contributed by atoms with Crippen LogP contribution >= 0.6 is 0 Å². The minimum absolute atomic E-state index is 0.201. The van der Waals surface area contributed by atoms with Gasteiger partial charge in [0.2, 0.25) is 5.88 Å². The Balaban J connectivity index is 1.72. The second kappa shape index (κ2) is 6.68. The molecule has 0 unspecified atom stereocenters. The molecule has 3 aromatic rings. The molecular weight excluding hydrogens is 375 g/mol. The summed E-state index contributed by atoms with van der Waals surface area (Å²) in [5.41, 5.74) is 2.62. The van der Waals surface area contributed by atoms with Crippen LogP contribution in [0.15, 0.2) is 24.7 Å². The average molecular weight is 396 g/mol. The van der Waals surface area contributed by atoms with Gasteiger partial charge in [-0.05, 0) is 32.8 Å². The van der Waals surface area contributed by atoms with E-state index in [0.29, 0.717) is 22.7 Å². The number of aromatic nitrogens is 4. The molecule has 150 valence electrons. The molecule has 2 bridgehead atoms. The quantitative estimate of drug-likeness (QED) is 0.628. The minimum atomic E-state index is -0.413. The van der Waals surface area contributed by atoms with Crippen molar-refractivity contribution in [2.24, 2.45) is 0 Å². The van der Waals surface area contributed by atoms with Gasteiger partial charge in [-0.15, -0.1) is 0 Å². The van der Waals surface area contributed by atoms with E-state index in [-0.39, 0.29) is 24.6 Å². The first-order valence-electron chi connectivity index (χ1n) is 9.74. The van der Waals surface area contributed by atoms with Crippen molar-refractivity contribution in [2.45, 2.75) is 38.8 Å². The molecule has 0 aliphatic carbocycles. The molecule has 9 heteroatoms. The van der Waals surface area contributed by atoms with Gasteiger partial charge in [-0.25, -0.2) is 18.9 Å². The van der Waals surface area contributed by atoms with Crippen LogP contribution in [0.3, 0.4) is 0 Å². The smallest absolute Gasteiger partial charge is 0.257 e. The first-order valence-corrected chi connectivity index (χ1v) is 9.74. The minimum Gasteiger partial charge on any atom is -0.475 e. The largest absolute Gasteiger partial charge is 0.475 e. The number of carbonyl (C=O) groups excluding carboxylic acids is 1. The van der Waals surface area contributed by atoms with E-state index in [0.717, 1.165) is 37.0 Å². The lowest BCUT2D eigenvalue weighted by atomic mass is 10.0. The Morgan fingerprint density at radius 2 is 2.17 bits per heavy atom. The van der Waals surface area contributed by atoms with Crippen LogP contribution in [-0.2, 0) is 6.42 Å². The molecule has 29 heavy (non-hydrogen) atoms. The highest BCUT2D eigenvalue weighted by Crippen LogP contribution is 2.36. The molecule has 0 fully saturated rings. The second-order valence-electron chi connectivity index (χ2n) is 7.62. The number of nitrogens with one attached hydrogen (secondary N) is 1. The van der Waals surface area contributed by atoms with Gasteiger partial charge in [0, 0.05) is 23.9 Å². The number of hydrogen-bond acceptors (Lipinski definition) is 6. The SMILES string of the molecule is C[C@@H]1COc2ncc(F)cc2[C@@H](C)N2CCCc3cn4ncc(c4nc32)C(=O)N1. The molecule has 1 N–H and O–H groups in total. The zero-order valence-corrected chi connectivity index (χ0v) is 16.2. The van der Waals surface area contributed by atoms with Crippen LogP contribution in [0, 0.1) is 5.82 Å². The molecule has 3 aromatic heterocycles. The van der Waals surface area contributed by atoms with Crippen LogP contribution in [0.4, 0.5) is 10.2 Å². The predicted octanol–water partition coefficient (Wildman–Crippen LogP) is 2.29. The van der Waals surface area contributed by atoms with Crippen LogP contribution < -0.4 is 15.0 Å². The number of ether oxygens (including phenoxy) is 1. The number of pyridine rings is 1. The molecule has 2 atom stereocenters. The molecule has 1 amide bonds. The van der Waals surface area contributed by atoms with E-state index in [1.54, 1.807) is 4.52 Å². The van der Waals surface area contributed by atoms with Crippen molar-refractivity contribution in [3.05, 3.63) is 47.2 Å². The summed E-state index contributed by atoms with van der Waals surface area (Å²) in [6.45, 7) is 4.81. The van der Waals surface area contributed by atoms with Gasteiger partial charge in [-0.1, -0.05) is 0 Å². The first kappa shape index (κ1) is 17.8. The van der Waals surface area contributed by atoms with Crippen LogP contribution in [0.5, 0.6) is 5.88 Å². The summed E-state index contributed by atoms with van der Waals surface area (Å²) in [4.78, 5) is 23.9. The van der Waals surface area contributed by atoms with Gasteiger partial charge in [-0.3, -0.25) is 4.79 Å². The van der Waals surface area contributed by atoms with E-state index in [1.807, 2.05) is 20.0 Å². The van der Waals surface area contributed by atoms with Gasteiger partial charge in [0.1, 0.15) is 23.8 Å². The Hall–Kier alpha value is -3.23. The molecule has 0 spiro atoms. The highest BCUT2D eigenvalue weighted by molar-refractivity contribution is 6.00. The van der Waals surface area contributed by atoms with Crippen LogP contribution in [0.1, 0.15) is 47.8 Å². The normalized spacial score (nSPS) is 21.6. The maximum absolute atomic E-state index is 14.0. The summed E-state index contributed by atoms with van der Waals surface area (Å²) >= 11 is 0. The number of rotatable bonds is 0. The molecule has 0 aromatic carbocycles. The molecule has 0 radical (unpaired) electrons. The van der Waals surface area contributed by atoms with Gasteiger partial charge in [0.15, 0.2) is 5.65 Å². The first-order chi connectivity index (χ1) is 14.0. The fourth-order valence-corrected chi connectivity index (χ4v) is 4.02. The fourth-order valence-electron chi connectivity index (χ4n) is 4.02. The topological polar surface area (TPSA) is 84.7 Å². The number of nitrogens with zero attached hydrogens (tertiary/aromatic N) is 5. The van der Waals surface area contributed by atoms with Crippen molar-refractivity contribution in [1.29, 1.82) is 0 Å². The summed E-state index contributed by atoms with van der Waals surface area (Å²) in [5, 5.41) is 7.22. The number of amides is 1. The van der Waals surface area contributed by atoms with E-state index in [4.69, 9.17) is 9.72 Å².